The number of anilines is 1. The summed E-state index contributed by atoms with van der Waals surface area (Å²) in [5.74, 6) is 0.798. The molecule has 1 heterocycles. The summed E-state index contributed by atoms with van der Waals surface area (Å²) in [6, 6.07) is 11.1. The minimum Gasteiger partial charge on any atom is -0.475 e. The first-order valence-corrected chi connectivity index (χ1v) is 11.1. The van der Waals surface area contributed by atoms with E-state index in [0.29, 0.717) is 34.2 Å². The van der Waals surface area contributed by atoms with E-state index in [2.05, 4.69) is 10.3 Å². The van der Waals surface area contributed by atoms with Crippen LogP contribution in [0.2, 0.25) is 0 Å². The first-order valence-electron chi connectivity index (χ1n) is 11.1. The number of nitrogens with zero attached hydrogens (tertiary/aromatic N) is 1. The summed E-state index contributed by atoms with van der Waals surface area (Å²) in [7, 11) is 0. The molecule has 178 valence electrons. The second-order valence-corrected chi connectivity index (χ2v) is 8.48. The minimum atomic E-state index is -1.03. The summed E-state index contributed by atoms with van der Waals surface area (Å²) in [4.78, 5) is 17.3. The highest BCUT2D eigenvalue weighted by atomic mass is 19.1. The van der Waals surface area contributed by atoms with Gasteiger partial charge in [-0.2, -0.15) is 0 Å². The Labute approximate surface area is 197 Å². The highest BCUT2D eigenvalue weighted by Crippen LogP contribution is 2.44. The van der Waals surface area contributed by atoms with Crippen molar-refractivity contribution >= 4 is 11.6 Å². The van der Waals surface area contributed by atoms with Gasteiger partial charge in [0.1, 0.15) is 30.0 Å². The Hall–Kier alpha value is -3.49. The lowest BCUT2D eigenvalue weighted by Crippen LogP contribution is -2.21. The number of carbonyl (C=O) groups excluding carboxylic acids is 1. The molecule has 1 unspecified atom stereocenters. The summed E-state index contributed by atoms with van der Waals surface area (Å²) >= 11 is 0. The third-order valence-corrected chi connectivity index (χ3v) is 5.61. The zero-order valence-electron chi connectivity index (χ0n) is 19.0. The Balaban J connectivity index is 1.60. The molecule has 1 amide bonds. The predicted octanol–water partition coefficient (Wildman–Crippen LogP) is 4.49. The second-order valence-electron chi connectivity index (χ2n) is 8.48. The molecule has 0 saturated heterocycles. The van der Waals surface area contributed by atoms with Crippen LogP contribution in [0.25, 0.3) is 0 Å². The monoisotopic (exact) mass is 466 g/mol. The maximum Gasteiger partial charge on any atom is 0.259 e. The quantitative estimate of drug-likeness (QED) is 0.430. The molecule has 0 radical (unpaired) electrons. The smallest absolute Gasteiger partial charge is 0.259 e. The van der Waals surface area contributed by atoms with Gasteiger partial charge in [-0.1, -0.05) is 0 Å². The van der Waals surface area contributed by atoms with Gasteiger partial charge in [-0.3, -0.25) is 4.79 Å². The van der Waals surface area contributed by atoms with Crippen molar-refractivity contribution in [3.8, 4) is 17.4 Å². The van der Waals surface area contributed by atoms with Crippen LogP contribution in [0.4, 0.5) is 10.1 Å². The molecule has 1 atom stereocenters. The average molecular weight is 467 g/mol. The van der Waals surface area contributed by atoms with Crippen molar-refractivity contribution in [2.45, 2.75) is 38.7 Å². The largest absolute Gasteiger partial charge is 0.475 e. The van der Waals surface area contributed by atoms with Gasteiger partial charge in [-0.15, -0.1) is 0 Å². The molecule has 34 heavy (non-hydrogen) atoms. The van der Waals surface area contributed by atoms with Gasteiger partial charge >= 0.3 is 0 Å². The van der Waals surface area contributed by atoms with E-state index in [-0.39, 0.29) is 24.2 Å². The van der Waals surface area contributed by atoms with Gasteiger partial charge in [0.05, 0.1) is 12.2 Å². The number of nitrogens with one attached hydrogen (secondary N) is 1. The fourth-order valence-corrected chi connectivity index (χ4v) is 3.64. The number of hydrogen-bond donors (Lipinski definition) is 3. The Morgan fingerprint density at radius 2 is 1.94 bits per heavy atom. The van der Waals surface area contributed by atoms with Crippen LogP contribution in [-0.2, 0) is 0 Å². The number of aryl methyl sites for hydroxylation is 2. The number of pyridine rings is 1. The molecule has 0 bridgehead atoms. The highest BCUT2D eigenvalue weighted by molar-refractivity contribution is 6.06. The molecule has 0 spiro atoms. The Kier molecular flexibility index (Phi) is 7.09. The maximum absolute atomic E-state index is 13.6. The number of aromatic nitrogens is 1. The van der Waals surface area contributed by atoms with Gasteiger partial charge in [0.2, 0.25) is 5.88 Å². The van der Waals surface area contributed by atoms with Gasteiger partial charge in [0.15, 0.2) is 0 Å². The molecule has 3 N–H and O–H groups in total. The topological polar surface area (TPSA) is 101 Å². The number of aliphatic hydroxyl groups excluding tert-OH is 2. The second kappa shape index (κ2) is 10.2. The van der Waals surface area contributed by atoms with E-state index in [0.717, 1.165) is 24.0 Å². The SMILES string of the molecule is Cc1cc(F)ccc1Oc1cc(C2CC2)c(C)cc1C(=O)Nc1ccnc(OCC(O)CO)c1. The maximum atomic E-state index is 13.6. The van der Waals surface area contributed by atoms with Crippen LogP contribution < -0.4 is 14.8 Å². The van der Waals surface area contributed by atoms with Gasteiger partial charge in [-0.05, 0) is 85.7 Å². The molecule has 1 aliphatic carbocycles. The average Bonchev–Trinajstić information content (AvgIpc) is 3.65. The van der Waals surface area contributed by atoms with E-state index in [1.54, 1.807) is 19.1 Å². The Bertz CT molecular complexity index is 1200. The highest BCUT2D eigenvalue weighted by Gasteiger charge is 2.28. The van der Waals surface area contributed by atoms with Gasteiger partial charge in [0.25, 0.3) is 5.91 Å². The standard InChI is InChI=1S/C26H27FN2O5/c1-15-10-22(26(32)29-19-7-8-28-25(11-19)33-14-20(31)13-30)24(12-21(15)17-3-4-17)34-23-6-5-18(27)9-16(23)2/h5-12,17,20,30-31H,3-4,13-14H2,1-2H3,(H,28,29,32). The van der Waals surface area contributed by atoms with Crippen molar-refractivity contribution in [1.29, 1.82) is 0 Å². The summed E-state index contributed by atoms with van der Waals surface area (Å²) in [6.45, 7) is 3.17. The van der Waals surface area contributed by atoms with Crippen LogP contribution >= 0.6 is 0 Å². The number of amides is 1. The summed E-state index contributed by atoms with van der Waals surface area (Å²) in [6.07, 6.45) is 2.65. The van der Waals surface area contributed by atoms with Crippen molar-refractivity contribution < 1.29 is 28.9 Å². The number of aliphatic hydroxyl groups is 2. The first-order chi connectivity index (χ1) is 16.3. The minimum absolute atomic E-state index is 0.127. The molecule has 2 aromatic carbocycles. The van der Waals surface area contributed by atoms with Crippen LogP contribution in [0.1, 0.15) is 45.8 Å². The predicted molar refractivity (Wildman–Crippen MR) is 125 cm³/mol. The number of rotatable bonds is 9. The zero-order valence-corrected chi connectivity index (χ0v) is 19.0. The summed E-state index contributed by atoms with van der Waals surface area (Å²) < 4.78 is 25.0. The number of carbonyl (C=O) groups is 1. The van der Waals surface area contributed by atoms with Crippen LogP contribution in [0.5, 0.6) is 17.4 Å². The third-order valence-electron chi connectivity index (χ3n) is 5.61. The van der Waals surface area contributed by atoms with Crippen LogP contribution in [0.3, 0.4) is 0 Å². The van der Waals surface area contributed by atoms with E-state index in [4.69, 9.17) is 14.6 Å². The number of halogens is 1. The molecule has 1 aliphatic rings. The van der Waals surface area contributed by atoms with E-state index in [1.165, 1.54) is 24.4 Å². The van der Waals surface area contributed by atoms with Gasteiger partial charge in [0, 0.05) is 18.0 Å². The van der Waals surface area contributed by atoms with Gasteiger partial charge < -0.3 is 25.0 Å². The van der Waals surface area contributed by atoms with E-state index >= 15 is 0 Å². The fourth-order valence-electron chi connectivity index (χ4n) is 3.64. The molecule has 0 aliphatic heterocycles. The third kappa shape index (κ3) is 5.70. The summed E-state index contributed by atoms with van der Waals surface area (Å²) in [5.41, 5.74) is 3.57. The lowest BCUT2D eigenvalue weighted by atomic mass is 9.99. The molecular weight excluding hydrogens is 439 g/mol. The first kappa shape index (κ1) is 23.7. The van der Waals surface area contributed by atoms with E-state index < -0.39 is 12.7 Å². The van der Waals surface area contributed by atoms with Crippen molar-refractivity contribution in [2.24, 2.45) is 0 Å². The molecule has 1 aromatic heterocycles. The van der Waals surface area contributed by atoms with Crippen molar-refractivity contribution in [3.63, 3.8) is 0 Å². The van der Waals surface area contributed by atoms with Crippen LogP contribution in [0, 0.1) is 19.7 Å². The van der Waals surface area contributed by atoms with E-state index in [1.807, 2.05) is 19.1 Å². The lowest BCUT2D eigenvalue weighted by Gasteiger charge is -2.17. The van der Waals surface area contributed by atoms with Crippen LogP contribution in [-0.4, -0.2) is 40.4 Å². The molecule has 3 aromatic rings. The summed E-state index contributed by atoms with van der Waals surface area (Å²) in [5, 5.41) is 21.2. The molecule has 4 rings (SSSR count). The van der Waals surface area contributed by atoms with Crippen molar-refractivity contribution in [3.05, 3.63) is 76.7 Å². The van der Waals surface area contributed by atoms with Crippen LogP contribution in [0.15, 0.2) is 48.7 Å². The zero-order chi connectivity index (χ0) is 24.2. The number of hydrogen-bond acceptors (Lipinski definition) is 6. The normalized spacial score (nSPS) is 13.9. The lowest BCUT2D eigenvalue weighted by molar-refractivity contribution is 0.0521. The molecular formula is C26H27FN2O5. The van der Waals surface area contributed by atoms with Crippen molar-refractivity contribution in [2.75, 3.05) is 18.5 Å². The molecule has 8 heteroatoms. The van der Waals surface area contributed by atoms with Crippen molar-refractivity contribution in [1.82, 2.24) is 4.98 Å². The molecule has 1 fully saturated rings. The number of ether oxygens (including phenoxy) is 2. The fraction of sp³-hybridized carbons (Fsp3) is 0.308. The van der Waals surface area contributed by atoms with Gasteiger partial charge in [-0.25, -0.2) is 9.37 Å². The Morgan fingerprint density at radius 1 is 1.15 bits per heavy atom. The number of benzene rings is 2. The molecule has 7 nitrogen and oxygen atoms in total. The Morgan fingerprint density at radius 3 is 2.65 bits per heavy atom. The molecule has 1 saturated carbocycles. The van der Waals surface area contributed by atoms with E-state index in [9.17, 15) is 14.3 Å².